The molecule has 0 aliphatic heterocycles. The molecule has 0 heterocycles. The van der Waals surface area contributed by atoms with Crippen molar-refractivity contribution in [2.45, 2.75) is 213 Å². The second kappa shape index (κ2) is 37.3. The van der Waals surface area contributed by atoms with Crippen LogP contribution in [0.3, 0.4) is 0 Å². The molecule has 0 aromatic rings. The fraction of sp³-hybridized carbons (Fsp3) is 1.00. The van der Waals surface area contributed by atoms with E-state index >= 15 is 0 Å². The predicted octanol–water partition coefficient (Wildman–Crippen LogP) is 12.5. The number of hydrogen-bond acceptors (Lipinski definition) is 5. The Bertz CT molecular complexity index is 721. The van der Waals surface area contributed by atoms with Gasteiger partial charge in [0.25, 0.3) is 0 Å². The van der Waals surface area contributed by atoms with Crippen LogP contribution < -0.4 is 5.32 Å². The summed E-state index contributed by atoms with van der Waals surface area (Å²) < 4.78 is 30.2. The van der Waals surface area contributed by atoms with Gasteiger partial charge in [-0.15, -0.1) is 0 Å². The van der Waals surface area contributed by atoms with Crippen molar-refractivity contribution < 1.29 is 27.7 Å². The van der Waals surface area contributed by atoms with Gasteiger partial charge < -0.3 is 19.4 Å². The maximum Gasteiger partial charge on any atom is 0.472 e. The van der Waals surface area contributed by atoms with Gasteiger partial charge in [0.1, 0.15) is 19.3 Å². The molecular weight excluding hydrogens is 643 g/mol. The third kappa shape index (κ3) is 40.8. The molecule has 2 N–H and O–H groups in total. The van der Waals surface area contributed by atoms with E-state index in [0.717, 1.165) is 19.4 Å². The minimum absolute atomic E-state index is 0.177. The van der Waals surface area contributed by atoms with Crippen LogP contribution >= 0.6 is 7.82 Å². The van der Waals surface area contributed by atoms with E-state index in [9.17, 15) is 9.46 Å². The van der Waals surface area contributed by atoms with E-state index in [-0.39, 0.29) is 6.61 Å². The number of phosphoric acid groups is 1. The maximum absolute atomic E-state index is 12.7. The van der Waals surface area contributed by atoms with Gasteiger partial charge in [0.15, 0.2) is 0 Å². The summed E-state index contributed by atoms with van der Waals surface area (Å²) >= 11 is 0. The number of likely N-dealkylation sites (N-methyl/N-ethyl adjacent to an activating group) is 1. The van der Waals surface area contributed by atoms with Crippen LogP contribution in [0.15, 0.2) is 0 Å². The monoisotopic (exact) mass is 734 g/mol. The summed E-state index contributed by atoms with van der Waals surface area (Å²) in [5.41, 5.74) is 0. The van der Waals surface area contributed by atoms with Crippen molar-refractivity contribution in [3.05, 3.63) is 0 Å². The molecule has 0 aliphatic carbocycles. The van der Waals surface area contributed by atoms with Crippen molar-refractivity contribution >= 4 is 7.82 Å². The molecular formula is C42H90N2O5P+. The molecule has 0 spiro atoms. The SMILES string of the molecule is CCCCCCCCCCCCCCCCCCOCC(CNCCCCCCCCCCCCCCCC)OP(=O)(O)OCC[N+](C)(C)C. The van der Waals surface area contributed by atoms with E-state index in [4.69, 9.17) is 13.8 Å². The molecule has 50 heavy (non-hydrogen) atoms. The first kappa shape index (κ1) is 50.0. The third-order valence-corrected chi connectivity index (χ3v) is 10.9. The number of nitrogens with zero attached hydrogens (tertiary/aromatic N) is 1. The molecule has 302 valence electrons. The Kier molecular flexibility index (Phi) is 37.3. The predicted molar refractivity (Wildman–Crippen MR) is 217 cm³/mol. The number of nitrogens with one attached hydrogen (secondary N) is 1. The number of ether oxygens (including phenoxy) is 1. The summed E-state index contributed by atoms with van der Waals surface area (Å²) in [6, 6.07) is 0. The molecule has 0 rings (SSSR count). The fourth-order valence-electron chi connectivity index (χ4n) is 6.45. The van der Waals surface area contributed by atoms with E-state index in [2.05, 4.69) is 19.2 Å². The first-order chi connectivity index (χ1) is 24.2. The highest BCUT2D eigenvalue weighted by Gasteiger charge is 2.27. The zero-order valence-electron chi connectivity index (χ0n) is 34.5. The second-order valence-electron chi connectivity index (χ2n) is 16.2. The van der Waals surface area contributed by atoms with Gasteiger partial charge in [0.2, 0.25) is 0 Å². The molecule has 0 amide bonds. The van der Waals surface area contributed by atoms with Gasteiger partial charge in [-0.3, -0.25) is 9.05 Å². The third-order valence-electron chi connectivity index (χ3n) is 9.82. The summed E-state index contributed by atoms with van der Waals surface area (Å²) in [4.78, 5) is 10.4. The largest absolute Gasteiger partial charge is 0.472 e. The highest BCUT2D eigenvalue weighted by atomic mass is 31.2. The van der Waals surface area contributed by atoms with Gasteiger partial charge in [-0.1, -0.05) is 194 Å². The molecule has 0 saturated carbocycles. The minimum Gasteiger partial charge on any atom is -0.379 e. The molecule has 0 radical (unpaired) electrons. The second-order valence-corrected chi connectivity index (χ2v) is 17.6. The quantitative estimate of drug-likeness (QED) is 0.0369. The van der Waals surface area contributed by atoms with Gasteiger partial charge in [-0.05, 0) is 19.4 Å². The summed E-state index contributed by atoms with van der Waals surface area (Å²) in [6.45, 7) is 7.71. The van der Waals surface area contributed by atoms with Crippen molar-refractivity contribution in [1.29, 1.82) is 0 Å². The molecule has 7 nitrogen and oxygen atoms in total. The van der Waals surface area contributed by atoms with Crippen molar-refractivity contribution in [3.8, 4) is 0 Å². The first-order valence-electron chi connectivity index (χ1n) is 21.9. The highest BCUT2D eigenvalue weighted by molar-refractivity contribution is 7.47. The number of unbranched alkanes of at least 4 members (excludes halogenated alkanes) is 28. The number of rotatable bonds is 42. The zero-order chi connectivity index (χ0) is 36.9. The van der Waals surface area contributed by atoms with E-state index in [1.54, 1.807) is 0 Å². The molecule has 0 aromatic carbocycles. The lowest BCUT2D eigenvalue weighted by Crippen LogP contribution is -2.37. The van der Waals surface area contributed by atoms with Crippen LogP contribution in [0.5, 0.6) is 0 Å². The Balaban J connectivity index is 4.02. The average Bonchev–Trinajstić information content (AvgIpc) is 3.06. The lowest BCUT2D eigenvalue weighted by molar-refractivity contribution is -0.870. The van der Waals surface area contributed by atoms with Crippen molar-refractivity contribution in [2.75, 3.05) is 60.6 Å². The first-order valence-corrected chi connectivity index (χ1v) is 23.4. The zero-order valence-corrected chi connectivity index (χ0v) is 35.4. The summed E-state index contributed by atoms with van der Waals surface area (Å²) in [7, 11) is 1.94. The maximum atomic E-state index is 12.7. The molecule has 0 aliphatic rings. The topological polar surface area (TPSA) is 77.0 Å². The van der Waals surface area contributed by atoms with Crippen LogP contribution in [0.2, 0.25) is 0 Å². The van der Waals surface area contributed by atoms with Gasteiger partial charge >= 0.3 is 7.82 Å². The minimum atomic E-state index is -4.15. The lowest BCUT2D eigenvalue weighted by atomic mass is 10.0. The standard InChI is InChI=1S/C42H89N2O5P/c1-6-8-10-12-14-16-18-20-22-23-25-27-29-31-33-35-38-47-41-42(49-50(45,46)48-39-37-44(3,4)5)40-43-36-34-32-30-28-26-24-21-19-17-15-13-11-9-7-2/h42-43H,6-41H2,1-5H3/p+1. The molecule has 2 unspecified atom stereocenters. The Morgan fingerprint density at radius 3 is 1.28 bits per heavy atom. The number of phosphoric ester groups is 1. The smallest absolute Gasteiger partial charge is 0.379 e. The molecule has 0 saturated heterocycles. The van der Waals surface area contributed by atoms with E-state index in [1.807, 2.05) is 21.1 Å². The van der Waals surface area contributed by atoms with Gasteiger partial charge in [-0.25, -0.2) is 4.57 Å². The van der Waals surface area contributed by atoms with Gasteiger partial charge in [-0.2, -0.15) is 0 Å². The summed E-state index contributed by atoms with van der Waals surface area (Å²) in [6.07, 6.45) is 40.0. The molecule has 2 atom stereocenters. The van der Waals surface area contributed by atoms with Crippen LogP contribution in [0.25, 0.3) is 0 Å². The highest BCUT2D eigenvalue weighted by Crippen LogP contribution is 2.44. The Morgan fingerprint density at radius 2 is 0.900 bits per heavy atom. The van der Waals surface area contributed by atoms with Crippen molar-refractivity contribution in [2.24, 2.45) is 0 Å². The Morgan fingerprint density at radius 1 is 0.540 bits per heavy atom. The van der Waals surface area contributed by atoms with Crippen LogP contribution in [0, 0.1) is 0 Å². The van der Waals surface area contributed by atoms with E-state index < -0.39 is 13.9 Å². The number of hydrogen-bond donors (Lipinski definition) is 2. The fourth-order valence-corrected chi connectivity index (χ4v) is 7.34. The van der Waals surface area contributed by atoms with Crippen LogP contribution in [-0.4, -0.2) is 76.1 Å². The van der Waals surface area contributed by atoms with Gasteiger partial charge in [0, 0.05) is 13.2 Å². The van der Waals surface area contributed by atoms with E-state index in [0.29, 0.717) is 30.8 Å². The van der Waals surface area contributed by atoms with Crippen LogP contribution in [-0.2, 0) is 18.3 Å². The molecule has 8 heteroatoms. The summed E-state index contributed by atoms with van der Waals surface area (Å²) in [5, 5.41) is 3.44. The summed E-state index contributed by atoms with van der Waals surface area (Å²) in [5.74, 6) is 0. The molecule has 0 bridgehead atoms. The van der Waals surface area contributed by atoms with Gasteiger partial charge in [0.05, 0.1) is 27.7 Å². The normalized spacial score (nSPS) is 14.0. The lowest BCUT2D eigenvalue weighted by Gasteiger charge is -2.25. The molecule has 0 aromatic heterocycles. The Hall–Kier alpha value is -0.0100. The average molecular weight is 734 g/mol. The molecule has 0 fully saturated rings. The Labute approximate surface area is 313 Å². The van der Waals surface area contributed by atoms with E-state index in [1.165, 1.54) is 180 Å². The van der Waals surface area contributed by atoms with Crippen LogP contribution in [0.4, 0.5) is 0 Å². The van der Waals surface area contributed by atoms with Crippen LogP contribution in [0.1, 0.15) is 206 Å². The van der Waals surface area contributed by atoms with Crippen molar-refractivity contribution in [1.82, 2.24) is 5.32 Å². The number of quaternary nitrogens is 1. The van der Waals surface area contributed by atoms with Crippen molar-refractivity contribution in [3.63, 3.8) is 0 Å².